The van der Waals surface area contributed by atoms with Crippen LogP contribution in [0.2, 0.25) is 5.02 Å². The number of aromatic amines is 1. The number of H-pyrrole nitrogens is 1. The number of nitrogens with one attached hydrogen (secondary N) is 3. The largest absolute Gasteiger partial charge is 0.384 e. The van der Waals surface area contributed by atoms with E-state index in [1.54, 1.807) is 49.5 Å². The number of aryl methyl sites for hydroxylation is 1. The number of para-hydroxylation sites is 1. The van der Waals surface area contributed by atoms with Gasteiger partial charge in [-0.3, -0.25) is 14.7 Å². The highest BCUT2D eigenvalue weighted by molar-refractivity contribution is 6.34. The van der Waals surface area contributed by atoms with Crippen LogP contribution in [0, 0.1) is 6.92 Å². The summed E-state index contributed by atoms with van der Waals surface area (Å²) in [4.78, 5) is 30.6. The Bertz CT molecular complexity index is 1610. The number of hydrogen-bond acceptors (Lipinski definition) is 6. The second-order valence-electron chi connectivity index (χ2n) is 8.10. The van der Waals surface area contributed by atoms with Gasteiger partial charge in [0, 0.05) is 17.8 Å². The first-order valence-corrected chi connectivity index (χ1v) is 11.6. The first-order valence-electron chi connectivity index (χ1n) is 11.2. The number of pyridine rings is 1. The van der Waals surface area contributed by atoms with Gasteiger partial charge in [-0.15, -0.1) is 0 Å². The second-order valence-corrected chi connectivity index (χ2v) is 8.50. The number of nitrogens with zero attached hydrogens (tertiary/aromatic N) is 4. The van der Waals surface area contributed by atoms with E-state index >= 15 is 0 Å². The zero-order valence-corrected chi connectivity index (χ0v) is 20.3. The minimum atomic E-state index is -0.481. The van der Waals surface area contributed by atoms with E-state index < -0.39 is 11.8 Å². The molecule has 37 heavy (non-hydrogen) atoms. The highest BCUT2D eigenvalue weighted by Gasteiger charge is 2.20. The normalized spacial score (nSPS) is 10.8. The van der Waals surface area contributed by atoms with Gasteiger partial charge in [0.2, 0.25) is 0 Å². The molecule has 11 heteroatoms. The second kappa shape index (κ2) is 9.96. The number of anilines is 3. The summed E-state index contributed by atoms with van der Waals surface area (Å²) in [5, 5.41) is 17.0. The smallest absolute Gasteiger partial charge is 0.276 e. The van der Waals surface area contributed by atoms with E-state index in [9.17, 15) is 9.59 Å². The molecule has 0 aliphatic rings. The number of carbonyl (C=O) groups is 2. The summed E-state index contributed by atoms with van der Waals surface area (Å²) in [6.45, 7) is 1.76. The monoisotopic (exact) mass is 512 g/mol. The van der Waals surface area contributed by atoms with E-state index in [-0.39, 0.29) is 22.1 Å². The minimum absolute atomic E-state index is 0.101. The topological polar surface area (TPSA) is 144 Å². The molecule has 0 saturated carbocycles. The third-order valence-corrected chi connectivity index (χ3v) is 5.87. The third-order valence-electron chi connectivity index (χ3n) is 5.54. The molecule has 5 N–H and O–H groups in total. The molecule has 0 bridgehead atoms. The van der Waals surface area contributed by atoms with Gasteiger partial charge < -0.3 is 16.4 Å². The molecule has 5 rings (SSSR count). The van der Waals surface area contributed by atoms with Crippen LogP contribution < -0.4 is 16.4 Å². The average molecular weight is 513 g/mol. The average Bonchev–Trinajstić information content (AvgIpc) is 3.50. The molecular weight excluding hydrogens is 492 g/mol. The van der Waals surface area contributed by atoms with Crippen molar-refractivity contribution in [3.63, 3.8) is 0 Å². The summed E-state index contributed by atoms with van der Waals surface area (Å²) < 4.78 is 1.48. The molecule has 0 fully saturated rings. The minimum Gasteiger partial charge on any atom is -0.384 e. The van der Waals surface area contributed by atoms with E-state index in [1.165, 1.54) is 10.7 Å². The molecule has 5 aromatic rings. The Labute approximate surface area is 216 Å². The highest BCUT2D eigenvalue weighted by Crippen LogP contribution is 2.26. The zero-order chi connectivity index (χ0) is 25.9. The number of benzene rings is 2. The van der Waals surface area contributed by atoms with Crippen LogP contribution >= 0.6 is 11.6 Å². The summed E-state index contributed by atoms with van der Waals surface area (Å²) in [5.74, 6) is -0.289. The Hall–Kier alpha value is -4.96. The Morgan fingerprint density at radius 2 is 1.78 bits per heavy atom. The lowest BCUT2D eigenvalue weighted by Crippen LogP contribution is -2.16. The van der Waals surface area contributed by atoms with Crippen LogP contribution in [-0.4, -0.2) is 36.8 Å². The van der Waals surface area contributed by atoms with Crippen LogP contribution in [0.5, 0.6) is 0 Å². The maximum Gasteiger partial charge on any atom is 0.276 e. The first-order chi connectivity index (χ1) is 17.9. The standard InChI is InChI=1S/C26H21ClN8O2/c1-15-22(14-29-33-15)31-26(37)21-13-24(35(34-21)17-6-3-2-4-7-17)32-25(36)18-12-16(10-11-19(18)27)20-8-5-9-23(28)30-20/h2-14H,1H3,(H2,28,30)(H,29,33)(H,31,37)(H,32,36). The maximum absolute atomic E-state index is 13.4. The zero-order valence-electron chi connectivity index (χ0n) is 19.6. The molecule has 2 aromatic carbocycles. The predicted octanol–water partition coefficient (Wildman–Crippen LogP) is 4.71. The molecule has 0 radical (unpaired) electrons. The molecular formula is C26H21ClN8O2. The molecule has 0 aliphatic carbocycles. The van der Waals surface area contributed by atoms with E-state index in [0.29, 0.717) is 34.1 Å². The van der Waals surface area contributed by atoms with Crippen LogP contribution in [0.25, 0.3) is 16.9 Å². The van der Waals surface area contributed by atoms with E-state index in [1.807, 2.05) is 30.3 Å². The van der Waals surface area contributed by atoms with Crippen molar-refractivity contribution >= 4 is 40.7 Å². The van der Waals surface area contributed by atoms with Crippen molar-refractivity contribution in [3.05, 3.63) is 101 Å². The molecule has 0 aliphatic heterocycles. The van der Waals surface area contributed by atoms with Gasteiger partial charge >= 0.3 is 0 Å². The lowest BCUT2D eigenvalue weighted by atomic mass is 10.1. The number of rotatable bonds is 6. The van der Waals surface area contributed by atoms with Crippen molar-refractivity contribution < 1.29 is 9.59 Å². The van der Waals surface area contributed by atoms with Gasteiger partial charge in [-0.05, 0) is 43.3 Å². The number of amides is 2. The third kappa shape index (κ3) is 5.04. The molecule has 0 unspecified atom stereocenters. The van der Waals surface area contributed by atoms with Crippen molar-refractivity contribution in [2.75, 3.05) is 16.4 Å². The van der Waals surface area contributed by atoms with Crippen molar-refractivity contribution in [3.8, 4) is 16.9 Å². The first kappa shape index (κ1) is 23.8. The number of carbonyl (C=O) groups excluding carboxylic acids is 2. The quantitative estimate of drug-likeness (QED) is 0.259. The van der Waals surface area contributed by atoms with Gasteiger partial charge in [0.1, 0.15) is 11.6 Å². The Balaban J connectivity index is 1.48. The van der Waals surface area contributed by atoms with Gasteiger partial charge in [-0.1, -0.05) is 41.9 Å². The van der Waals surface area contributed by atoms with Crippen LogP contribution in [0.1, 0.15) is 26.5 Å². The van der Waals surface area contributed by atoms with Gasteiger partial charge in [0.15, 0.2) is 5.69 Å². The van der Waals surface area contributed by atoms with Gasteiger partial charge in [-0.2, -0.15) is 10.2 Å². The number of nitrogens with two attached hydrogens (primary N) is 1. The summed E-state index contributed by atoms with van der Waals surface area (Å²) in [6, 6.07) is 20.9. The summed E-state index contributed by atoms with van der Waals surface area (Å²) in [5.41, 5.74) is 9.23. The van der Waals surface area contributed by atoms with Crippen molar-refractivity contribution in [1.82, 2.24) is 25.0 Å². The molecule has 0 saturated heterocycles. The molecule has 3 aromatic heterocycles. The molecule has 0 atom stereocenters. The Morgan fingerprint density at radius 1 is 0.973 bits per heavy atom. The lowest BCUT2D eigenvalue weighted by molar-refractivity contribution is 0.101. The molecule has 3 heterocycles. The lowest BCUT2D eigenvalue weighted by Gasteiger charge is -2.11. The van der Waals surface area contributed by atoms with Crippen LogP contribution in [0.4, 0.5) is 17.3 Å². The van der Waals surface area contributed by atoms with Crippen molar-refractivity contribution in [2.24, 2.45) is 0 Å². The summed E-state index contributed by atoms with van der Waals surface area (Å²) in [6.07, 6.45) is 1.58. The molecule has 0 spiro atoms. The SMILES string of the molecule is Cc1n[nH]cc1NC(=O)c1cc(NC(=O)c2cc(-c3cccc(N)n3)ccc2Cl)n(-c2ccccc2)n1. The molecule has 2 amide bonds. The van der Waals surface area contributed by atoms with Gasteiger partial charge in [-0.25, -0.2) is 9.67 Å². The summed E-state index contributed by atoms with van der Waals surface area (Å²) >= 11 is 6.38. The van der Waals surface area contributed by atoms with Crippen molar-refractivity contribution in [1.29, 1.82) is 0 Å². The molecule has 10 nitrogen and oxygen atoms in total. The fourth-order valence-corrected chi connectivity index (χ4v) is 3.88. The Morgan fingerprint density at radius 3 is 2.51 bits per heavy atom. The van der Waals surface area contributed by atoms with Crippen LogP contribution in [-0.2, 0) is 0 Å². The van der Waals surface area contributed by atoms with E-state index in [4.69, 9.17) is 17.3 Å². The van der Waals surface area contributed by atoms with Crippen molar-refractivity contribution in [2.45, 2.75) is 6.92 Å². The number of aromatic nitrogens is 5. The maximum atomic E-state index is 13.4. The van der Waals surface area contributed by atoms with E-state index in [0.717, 1.165) is 0 Å². The highest BCUT2D eigenvalue weighted by atomic mass is 35.5. The van der Waals surface area contributed by atoms with Gasteiger partial charge in [0.25, 0.3) is 11.8 Å². The number of hydrogen-bond donors (Lipinski definition) is 4. The van der Waals surface area contributed by atoms with Crippen LogP contribution in [0.15, 0.2) is 79.0 Å². The number of nitrogen functional groups attached to an aromatic ring is 1. The predicted molar refractivity (Wildman–Crippen MR) is 142 cm³/mol. The summed E-state index contributed by atoms with van der Waals surface area (Å²) in [7, 11) is 0. The number of halogens is 1. The Kier molecular flexibility index (Phi) is 6.40. The molecule has 184 valence electrons. The van der Waals surface area contributed by atoms with Gasteiger partial charge in [0.05, 0.1) is 33.3 Å². The fraction of sp³-hybridized carbons (Fsp3) is 0.0385. The van der Waals surface area contributed by atoms with Crippen LogP contribution in [0.3, 0.4) is 0 Å². The fourth-order valence-electron chi connectivity index (χ4n) is 3.67. The van der Waals surface area contributed by atoms with E-state index in [2.05, 4.69) is 30.9 Å².